The van der Waals surface area contributed by atoms with Crippen LogP contribution in [0.2, 0.25) is 0 Å². The summed E-state index contributed by atoms with van der Waals surface area (Å²) in [5, 5.41) is 7.18. The van der Waals surface area contributed by atoms with Gasteiger partial charge in [0.1, 0.15) is 6.54 Å². The molecule has 0 aliphatic carbocycles. The van der Waals surface area contributed by atoms with Crippen molar-refractivity contribution in [3.8, 4) is 0 Å². The van der Waals surface area contributed by atoms with Gasteiger partial charge in [-0.05, 0) is 26.0 Å². The van der Waals surface area contributed by atoms with E-state index in [0.717, 1.165) is 22.8 Å². The molecule has 1 aromatic carbocycles. The minimum absolute atomic E-state index is 0.130. The van der Waals surface area contributed by atoms with Crippen LogP contribution < -0.4 is 16.0 Å². The average Bonchev–Trinajstić information content (AvgIpc) is 2.66. The smallest absolute Gasteiger partial charge is 0.246 e. The molecule has 6 nitrogen and oxygen atoms in total. The van der Waals surface area contributed by atoms with Crippen LogP contribution in [0, 0.1) is 13.8 Å². The largest absolute Gasteiger partial charge is 0.396 e. The van der Waals surface area contributed by atoms with E-state index in [0.29, 0.717) is 5.69 Å². The highest BCUT2D eigenvalue weighted by Gasteiger charge is 2.13. The van der Waals surface area contributed by atoms with Gasteiger partial charge in [-0.3, -0.25) is 9.48 Å². The number of benzene rings is 1. The Morgan fingerprint density at radius 3 is 2.57 bits per heavy atom. The Morgan fingerprint density at radius 1 is 1.33 bits per heavy atom. The standard InChI is InChI=1S/C15H21N5O/c1-10-15(16)11(2)20(18-10)9-14(21)17-12-7-5-6-8-13(12)19(3)4/h5-8H,9,16H2,1-4H3,(H,17,21). The summed E-state index contributed by atoms with van der Waals surface area (Å²) in [4.78, 5) is 14.2. The number of nitrogens with zero attached hydrogens (tertiary/aromatic N) is 3. The number of aromatic nitrogens is 2. The van der Waals surface area contributed by atoms with Gasteiger partial charge in [0.15, 0.2) is 0 Å². The van der Waals surface area contributed by atoms with Crippen LogP contribution in [0.15, 0.2) is 24.3 Å². The first-order valence-corrected chi connectivity index (χ1v) is 6.76. The van der Waals surface area contributed by atoms with Gasteiger partial charge in [-0.15, -0.1) is 0 Å². The lowest BCUT2D eigenvalue weighted by atomic mass is 10.2. The van der Waals surface area contributed by atoms with Crippen molar-refractivity contribution < 1.29 is 4.79 Å². The zero-order valence-corrected chi connectivity index (χ0v) is 12.8. The van der Waals surface area contributed by atoms with Crippen LogP contribution in [-0.2, 0) is 11.3 Å². The van der Waals surface area contributed by atoms with E-state index in [2.05, 4.69) is 10.4 Å². The van der Waals surface area contributed by atoms with Crippen LogP contribution in [0.3, 0.4) is 0 Å². The maximum absolute atomic E-state index is 12.2. The monoisotopic (exact) mass is 287 g/mol. The minimum Gasteiger partial charge on any atom is -0.396 e. The predicted octanol–water partition coefficient (Wildman–Crippen LogP) is 1.79. The molecule has 21 heavy (non-hydrogen) atoms. The number of carbonyl (C=O) groups excluding carboxylic acids is 1. The number of para-hydroxylation sites is 2. The number of rotatable bonds is 4. The van der Waals surface area contributed by atoms with E-state index in [1.165, 1.54) is 0 Å². The van der Waals surface area contributed by atoms with E-state index in [1.54, 1.807) is 4.68 Å². The lowest BCUT2D eigenvalue weighted by Crippen LogP contribution is -2.22. The Morgan fingerprint density at radius 2 is 2.00 bits per heavy atom. The molecule has 2 aromatic rings. The topological polar surface area (TPSA) is 76.2 Å². The maximum Gasteiger partial charge on any atom is 0.246 e. The minimum atomic E-state index is -0.130. The second kappa shape index (κ2) is 5.87. The number of nitrogens with one attached hydrogen (secondary N) is 1. The second-order valence-corrected chi connectivity index (χ2v) is 5.20. The van der Waals surface area contributed by atoms with Crippen molar-refractivity contribution >= 4 is 23.0 Å². The molecular weight excluding hydrogens is 266 g/mol. The van der Waals surface area contributed by atoms with E-state index in [-0.39, 0.29) is 12.5 Å². The lowest BCUT2D eigenvalue weighted by Gasteiger charge is -2.17. The molecule has 1 amide bonds. The van der Waals surface area contributed by atoms with Gasteiger partial charge in [0, 0.05) is 14.1 Å². The molecule has 0 saturated carbocycles. The Hall–Kier alpha value is -2.50. The summed E-state index contributed by atoms with van der Waals surface area (Å²) < 4.78 is 1.62. The summed E-state index contributed by atoms with van der Waals surface area (Å²) in [5.74, 6) is -0.130. The quantitative estimate of drug-likeness (QED) is 0.899. The summed E-state index contributed by atoms with van der Waals surface area (Å²) in [5.41, 5.74) is 9.80. The molecule has 0 bridgehead atoms. The molecule has 6 heteroatoms. The average molecular weight is 287 g/mol. The molecule has 0 aliphatic heterocycles. The van der Waals surface area contributed by atoms with Crippen LogP contribution in [0.1, 0.15) is 11.4 Å². The second-order valence-electron chi connectivity index (χ2n) is 5.20. The van der Waals surface area contributed by atoms with E-state index < -0.39 is 0 Å². The molecule has 3 N–H and O–H groups in total. The third-order valence-corrected chi connectivity index (χ3v) is 3.39. The molecule has 0 aliphatic rings. The molecule has 0 unspecified atom stereocenters. The number of carbonyl (C=O) groups is 1. The molecule has 1 aromatic heterocycles. The summed E-state index contributed by atoms with van der Waals surface area (Å²) in [7, 11) is 3.87. The number of aryl methyl sites for hydroxylation is 1. The van der Waals surface area contributed by atoms with Crippen LogP contribution in [-0.4, -0.2) is 29.8 Å². The van der Waals surface area contributed by atoms with Crippen molar-refractivity contribution in [1.82, 2.24) is 9.78 Å². The molecule has 0 radical (unpaired) electrons. The molecule has 0 atom stereocenters. The molecule has 112 valence electrons. The number of nitrogens with two attached hydrogens (primary N) is 1. The molecule has 0 saturated heterocycles. The van der Waals surface area contributed by atoms with E-state index >= 15 is 0 Å². The molecule has 0 fully saturated rings. The van der Waals surface area contributed by atoms with Gasteiger partial charge < -0.3 is 16.0 Å². The van der Waals surface area contributed by atoms with Gasteiger partial charge in [0.25, 0.3) is 0 Å². The van der Waals surface area contributed by atoms with E-state index in [9.17, 15) is 4.79 Å². The zero-order valence-electron chi connectivity index (χ0n) is 12.8. The number of hydrogen-bond acceptors (Lipinski definition) is 4. The number of nitrogen functional groups attached to an aromatic ring is 1. The van der Waals surface area contributed by atoms with Crippen molar-refractivity contribution in [1.29, 1.82) is 0 Å². The molecule has 1 heterocycles. The van der Waals surface area contributed by atoms with E-state index in [4.69, 9.17) is 5.73 Å². The van der Waals surface area contributed by atoms with Crippen molar-refractivity contribution in [2.45, 2.75) is 20.4 Å². The Kier molecular flexibility index (Phi) is 4.16. The van der Waals surface area contributed by atoms with Gasteiger partial charge in [0.2, 0.25) is 5.91 Å². The number of hydrogen-bond donors (Lipinski definition) is 2. The third-order valence-electron chi connectivity index (χ3n) is 3.39. The van der Waals surface area contributed by atoms with Gasteiger partial charge in [-0.2, -0.15) is 5.10 Å². The Labute approximate surface area is 124 Å². The first-order valence-electron chi connectivity index (χ1n) is 6.76. The number of amides is 1. The first kappa shape index (κ1) is 14.9. The highest BCUT2D eigenvalue weighted by atomic mass is 16.2. The summed E-state index contributed by atoms with van der Waals surface area (Å²) in [6.07, 6.45) is 0. The number of anilines is 3. The van der Waals surface area contributed by atoms with Crippen LogP contribution in [0.5, 0.6) is 0 Å². The first-order chi connectivity index (χ1) is 9.90. The third kappa shape index (κ3) is 3.16. The van der Waals surface area contributed by atoms with Gasteiger partial charge in [-0.1, -0.05) is 12.1 Å². The van der Waals surface area contributed by atoms with E-state index in [1.807, 2.05) is 57.1 Å². The van der Waals surface area contributed by atoms with Gasteiger partial charge in [-0.25, -0.2) is 0 Å². The fourth-order valence-electron chi connectivity index (χ4n) is 2.16. The van der Waals surface area contributed by atoms with Crippen molar-refractivity contribution in [3.63, 3.8) is 0 Å². The van der Waals surface area contributed by atoms with Crippen LogP contribution >= 0.6 is 0 Å². The maximum atomic E-state index is 12.2. The Balaban J connectivity index is 2.14. The predicted molar refractivity (Wildman–Crippen MR) is 85.5 cm³/mol. The van der Waals surface area contributed by atoms with Crippen LogP contribution in [0.4, 0.5) is 17.1 Å². The molecule has 2 rings (SSSR count). The fourth-order valence-corrected chi connectivity index (χ4v) is 2.16. The van der Waals surface area contributed by atoms with Gasteiger partial charge in [0.05, 0.1) is 28.5 Å². The summed E-state index contributed by atoms with van der Waals surface area (Å²) in [6.45, 7) is 3.83. The summed E-state index contributed by atoms with van der Waals surface area (Å²) >= 11 is 0. The zero-order chi connectivity index (χ0) is 15.6. The van der Waals surface area contributed by atoms with Crippen molar-refractivity contribution in [3.05, 3.63) is 35.7 Å². The fraction of sp³-hybridized carbons (Fsp3) is 0.333. The van der Waals surface area contributed by atoms with Crippen molar-refractivity contribution in [2.24, 2.45) is 0 Å². The highest BCUT2D eigenvalue weighted by Crippen LogP contribution is 2.23. The Bertz CT molecular complexity index is 660. The SMILES string of the molecule is Cc1nn(CC(=O)Nc2ccccc2N(C)C)c(C)c1N. The lowest BCUT2D eigenvalue weighted by molar-refractivity contribution is -0.116. The summed E-state index contributed by atoms with van der Waals surface area (Å²) in [6, 6.07) is 7.66. The van der Waals surface area contributed by atoms with Crippen molar-refractivity contribution in [2.75, 3.05) is 30.0 Å². The molecule has 0 spiro atoms. The molecular formula is C15H21N5O. The van der Waals surface area contributed by atoms with Crippen LogP contribution in [0.25, 0.3) is 0 Å². The van der Waals surface area contributed by atoms with Gasteiger partial charge >= 0.3 is 0 Å². The normalized spacial score (nSPS) is 10.5. The highest BCUT2D eigenvalue weighted by molar-refractivity contribution is 5.94.